The summed E-state index contributed by atoms with van der Waals surface area (Å²) in [4.78, 5) is 14.8. The number of benzene rings is 2. The van der Waals surface area contributed by atoms with Crippen LogP contribution in [0.5, 0.6) is 5.75 Å². The van der Waals surface area contributed by atoms with Gasteiger partial charge in [-0.15, -0.1) is 0 Å². The van der Waals surface area contributed by atoms with Gasteiger partial charge in [-0.05, 0) is 40.5 Å². The van der Waals surface area contributed by atoms with Crippen LogP contribution in [0.3, 0.4) is 0 Å². The second-order valence-electron chi connectivity index (χ2n) is 8.94. The normalized spacial score (nSPS) is 28.4. The van der Waals surface area contributed by atoms with Crippen molar-refractivity contribution in [3.8, 4) is 5.75 Å². The number of hydrogen-bond donors (Lipinski definition) is 2. The molecule has 0 aromatic heterocycles. The summed E-state index contributed by atoms with van der Waals surface area (Å²) in [5.41, 5.74) is 0.296. The maximum atomic E-state index is 12.6. The van der Waals surface area contributed by atoms with Gasteiger partial charge in [-0.3, -0.25) is 4.79 Å². The average molecular weight is 415 g/mol. The Balaban J connectivity index is 1.50. The van der Waals surface area contributed by atoms with Crippen LogP contribution in [0.15, 0.2) is 41.5 Å². The van der Waals surface area contributed by atoms with Gasteiger partial charge in [-0.25, -0.2) is 13.2 Å². The first-order valence-electron chi connectivity index (χ1n) is 9.89. The second-order valence-corrected chi connectivity index (χ2v) is 10.7. The van der Waals surface area contributed by atoms with E-state index in [0.29, 0.717) is 5.56 Å². The van der Waals surface area contributed by atoms with E-state index in [9.17, 15) is 18.3 Å². The fraction of sp³-hybridized carbons (Fsp3) is 0.455. The highest BCUT2D eigenvalue weighted by atomic mass is 32.2. The Kier molecular flexibility index (Phi) is 4.69. The van der Waals surface area contributed by atoms with Gasteiger partial charge in [0.2, 0.25) is 10.0 Å². The number of nitrogens with one attached hydrogen (secondary N) is 1. The maximum Gasteiger partial charge on any atom is 0.247 e. The van der Waals surface area contributed by atoms with Crippen LogP contribution in [0.25, 0.3) is 10.8 Å². The monoisotopic (exact) mass is 414 g/mol. The van der Waals surface area contributed by atoms with Crippen molar-refractivity contribution in [1.82, 2.24) is 4.83 Å². The van der Waals surface area contributed by atoms with E-state index in [1.807, 2.05) is 31.2 Å². The summed E-state index contributed by atoms with van der Waals surface area (Å²) < 4.78 is 25.2. The number of hydrogen-bond acceptors (Lipinski definition) is 5. The molecule has 0 spiro atoms. The first-order chi connectivity index (χ1) is 13.6. The summed E-state index contributed by atoms with van der Waals surface area (Å²) in [6.45, 7) is 6.11. The summed E-state index contributed by atoms with van der Waals surface area (Å²) in [7, 11) is -3.70. The first-order valence-corrected chi connectivity index (χ1v) is 11.5. The van der Waals surface area contributed by atoms with Gasteiger partial charge in [0.25, 0.3) is 0 Å². The summed E-state index contributed by atoms with van der Waals surface area (Å²) >= 11 is 0. The molecule has 2 saturated carbocycles. The van der Waals surface area contributed by atoms with Gasteiger partial charge >= 0.3 is 0 Å². The number of carbonyl (C=O) groups excluding carboxylic acids is 1. The Morgan fingerprint density at radius 2 is 1.97 bits per heavy atom. The molecule has 0 aliphatic heterocycles. The molecule has 0 saturated heterocycles. The van der Waals surface area contributed by atoms with Gasteiger partial charge in [-0.2, -0.15) is 5.10 Å². The van der Waals surface area contributed by atoms with E-state index in [-0.39, 0.29) is 46.4 Å². The zero-order valence-corrected chi connectivity index (χ0v) is 17.6. The lowest BCUT2D eigenvalue weighted by molar-refractivity contribution is -0.127. The molecule has 2 fully saturated rings. The van der Waals surface area contributed by atoms with Crippen molar-refractivity contribution < 1.29 is 18.3 Å². The maximum absolute atomic E-state index is 12.6. The van der Waals surface area contributed by atoms with Crippen LogP contribution in [-0.2, 0) is 14.8 Å². The van der Waals surface area contributed by atoms with Crippen LogP contribution in [-0.4, -0.2) is 31.3 Å². The predicted molar refractivity (Wildman–Crippen MR) is 113 cm³/mol. The van der Waals surface area contributed by atoms with E-state index in [1.54, 1.807) is 12.1 Å². The molecule has 0 amide bonds. The largest absolute Gasteiger partial charge is 0.507 e. The van der Waals surface area contributed by atoms with Crippen LogP contribution in [0.2, 0.25) is 0 Å². The molecule has 0 heterocycles. The molecule has 2 N–H and O–H groups in total. The van der Waals surface area contributed by atoms with Gasteiger partial charge < -0.3 is 5.11 Å². The van der Waals surface area contributed by atoms with Crippen molar-refractivity contribution in [3.05, 3.63) is 42.0 Å². The lowest BCUT2D eigenvalue weighted by atomic mass is 9.80. The third kappa shape index (κ3) is 3.31. The number of phenols is 1. The molecule has 4 rings (SSSR count). The third-order valence-electron chi connectivity index (χ3n) is 6.91. The average Bonchev–Trinajstić information content (AvgIpc) is 2.99. The minimum absolute atomic E-state index is 0.00858. The number of Topliss-reactive ketones (excluding diaryl/α,β-unsaturated/α-hetero) is 1. The lowest BCUT2D eigenvalue weighted by Gasteiger charge is -2.25. The molecule has 4 atom stereocenters. The molecule has 2 aliphatic rings. The zero-order chi connectivity index (χ0) is 21.0. The van der Waals surface area contributed by atoms with E-state index < -0.39 is 10.0 Å². The Bertz CT molecular complexity index is 1110. The molecular weight excluding hydrogens is 388 g/mol. The third-order valence-corrected chi connectivity index (χ3v) is 8.16. The number of sulfonamides is 1. The molecule has 2 aromatic rings. The Labute approximate surface area is 171 Å². The van der Waals surface area contributed by atoms with Crippen molar-refractivity contribution in [3.63, 3.8) is 0 Å². The van der Waals surface area contributed by atoms with E-state index >= 15 is 0 Å². The van der Waals surface area contributed by atoms with Gasteiger partial charge in [0.1, 0.15) is 11.5 Å². The van der Waals surface area contributed by atoms with Crippen molar-refractivity contribution in [2.24, 2.45) is 34.2 Å². The van der Waals surface area contributed by atoms with Gasteiger partial charge in [0.15, 0.2) is 0 Å². The Morgan fingerprint density at radius 1 is 1.24 bits per heavy atom. The van der Waals surface area contributed by atoms with Crippen LogP contribution in [0.4, 0.5) is 0 Å². The molecule has 2 aromatic carbocycles. The van der Waals surface area contributed by atoms with E-state index in [4.69, 9.17) is 0 Å². The highest BCUT2D eigenvalue weighted by molar-refractivity contribution is 7.89. The molecule has 7 heteroatoms. The lowest BCUT2D eigenvalue weighted by Crippen LogP contribution is -2.35. The summed E-state index contributed by atoms with van der Waals surface area (Å²) in [6.07, 6.45) is 2.08. The SMILES string of the molecule is C[C@H]1C(=O)C2C(CS(=O)(=O)N/N=C/c3c(O)ccc4ccccc34)CC1C2(C)C. The molecular formula is C22H26N2O4S. The standard InChI is InChI=1S/C22H26N2O4S/c1-13-18-10-15(20(21(13)26)22(18,2)3)12-29(27,28)24-23-11-17-16-7-5-4-6-14(16)8-9-19(17)25/h4-9,11,13,15,18,20,24-25H,10,12H2,1-3H3/b23-11+/t13-,15?,18?,20?/m1/s1. The van der Waals surface area contributed by atoms with Crippen LogP contribution < -0.4 is 4.83 Å². The number of phenolic OH excluding ortho intramolecular Hbond substituents is 1. The number of ketones is 1. The molecule has 154 valence electrons. The van der Waals surface area contributed by atoms with Gasteiger partial charge in [0, 0.05) is 17.4 Å². The number of carbonyl (C=O) groups is 1. The van der Waals surface area contributed by atoms with Crippen LogP contribution >= 0.6 is 0 Å². The molecule has 2 bridgehead atoms. The molecule has 0 radical (unpaired) electrons. The fourth-order valence-corrected chi connectivity index (χ4v) is 6.79. The molecule has 3 unspecified atom stereocenters. The smallest absolute Gasteiger partial charge is 0.247 e. The number of hydrazone groups is 1. The number of rotatable bonds is 5. The molecule has 29 heavy (non-hydrogen) atoms. The summed E-state index contributed by atoms with van der Waals surface area (Å²) in [5.74, 6) is -0.0561. The van der Waals surface area contributed by atoms with Crippen LogP contribution in [0.1, 0.15) is 32.8 Å². The Hall–Kier alpha value is -2.41. The minimum atomic E-state index is -3.70. The number of fused-ring (bicyclic) bond motifs is 3. The highest BCUT2D eigenvalue weighted by Crippen LogP contribution is 2.60. The van der Waals surface area contributed by atoms with E-state index in [2.05, 4.69) is 23.8 Å². The second kappa shape index (κ2) is 6.83. The summed E-state index contributed by atoms with van der Waals surface area (Å²) in [5, 5.41) is 15.7. The summed E-state index contributed by atoms with van der Waals surface area (Å²) in [6, 6.07) is 10.8. The van der Waals surface area contributed by atoms with Crippen LogP contribution in [0, 0.1) is 29.1 Å². The quantitative estimate of drug-likeness (QED) is 0.580. The molecule has 2 aliphatic carbocycles. The van der Waals surface area contributed by atoms with E-state index in [0.717, 1.165) is 17.2 Å². The van der Waals surface area contributed by atoms with Crippen molar-refractivity contribution in [2.75, 3.05) is 5.75 Å². The topological polar surface area (TPSA) is 95.8 Å². The van der Waals surface area contributed by atoms with E-state index in [1.165, 1.54) is 6.21 Å². The van der Waals surface area contributed by atoms with Crippen molar-refractivity contribution >= 4 is 32.8 Å². The van der Waals surface area contributed by atoms with Crippen molar-refractivity contribution in [1.29, 1.82) is 0 Å². The Morgan fingerprint density at radius 3 is 2.66 bits per heavy atom. The predicted octanol–water partition coefficient (Wildman–Crippen LogP) is 3.30. The highest BCUT2D eigenvalue weighted by Gasteiger charge is 2.61. The number of aromatic hydroxyl groups is 1. The van der Waals surface area contributed by atoms with Gasteiger partial charge in [0.05, 0.1) is 12.0 Å². The first kappa shape index (κ1) is 19.9. The number of nitrogens with zero attached hydrogens (tertiary/aromatic N) is 1. The van der Waals surface area contributed by atoms with Gasteiger partial charge in [-0.1, -0.05) is 51.1 Å². The molecule has 6 nitrogen and oxygen atoms in total. The van der Waals surface area contributed by atoms with Crippen molar-refractivity contribution in [2.45, 2.75) is 27.2 Å². The fourth-order valence-electron chi connectivity index (χ4n) is 5.61. The minimum Gasteiger partial charge on any atom is -0.507 e. The zero-order valence-electron chi connectivity index (χ0n) is 16.8.